The number of rotatable bonds is 5. The van der Waals surface area contributed by atoms with Gasteiger partial charge < -0.3 is 21.1 Å². The lowest BCUT2D eigenvalue weighted by Gasteiger charge is -2.35. The minimum Gasteiger partial charge on any atom is -0.480 e. The Morgan fingerprint density at radius 1 is 1.45 bits per heavy atom. The summed E-state index contributed by atoms with van der Waals surface area (Å²) in [6, 6.07) is -2.38. The van der Waals surface area contributed by atoms with Gasteiger partial charge in [-0.2, -0.15) is 11.8 Å². The summed E-state index contributed by atoms with van der Waals surface area (Å²) in [6.07, 6.45) is 0.428. The first-order valence-electron chi connectivity index (χ1n) is 6.50. The summed E-state index contributed by atoms with van der Waals surface area (Å²) >= 11 is 1.51. The molecule has 1 saturated heterocycles. The number of thioether (sulfide) groups is 1. The predicted octanol–water partition coefficient (Wildman–Crippen LogP) is 0.0980. The number of nitrogens with zero attached hydrogens (tertiary/aromatic N) is 1. The highest BCUT2D eigenvalue weighted by Gasteiger charge is 2.36. The smallest absolute Gasteiger partial charge is 0.327 e. The van der Waals surface area contributed by atoms with Gasteiger partial charge in [-0.25, -0.2) is 9.59 Å². The van der Waals surface area contributed by atoms with Gasteiger partial charge in [0.05, 0.1) is 0 Å². The van der Waals surface area contributed by atoms with Gasteiger partial charge in [-0.3, -0.25) is 4.79 Å². The molecule has 0 aromatic rings. The number of primary amides is 1. The number of aliphatic carboxylic acids is 1. The van der Waals surface area contributed by atoms with Gasteiger partial charge in [-0.15, -0.1) is 0 Å². The molecule has 0 saturated carbocycles. The number of urea groups is 1. The van der Waals surface area contributed by atoms with Crippen molar-refractivity contribution in [3.05, 3.63) is 0 Å². The lowest BCUT2D eigenvalue weighted by Crippen LogP contribution is -2.57. The summed E-state index contributed by atoms with van der Waals surface area (Å²) in [7, 11) is 0. The van der Waals surface area contributed by atoms with Gasteiger partial charge in [-0.05, 0) is 12.3 Å². The van der Waals surface area contributed by atoms with Crippen LogP contribution in [0.2, 0.25) is 0 Å². The zero-order valence-corrected chi connectivity index (χ0v) is 12.5. The van der Waals surface area contributed by atoms with Crippen LogP contribution in [-0.4, -0.2) is 58.0 Å². The highest BCUT2D eigenvalue weighted by molar-refractivity contribution is 7.99. The molecule has 0 bridgehead atoms. The number of carbonyl (C=O) groups excluding carboxylic acids is 2. The van der Waals surface area contributed by atoms with E-state index >= 15 is 0 Å². The molecule has 20 heavy (non-hydrogen) atoms. The summed E-state index contributed by atoms with van der Waals surface area (Å²) in [5.74, 6) is -0.150. The first kappa shape index (κ1) is 16.6. The monoisotopic (exact) mass is 303 g/mol. The minimum absolute atomic E-state index is 0.179. The van der Waals surface area contributed by atoms with E-state index in [9.17, 15) is 19.5 Å². The van der Waals surface area contributed by atoms with Crippen LogP contribution in [0, 0.1) is 5.92 Å². The normalized spacial score (nSPS) is 20.6. The number of nitrogens with one attached hydrogen (secondary N) is 1. The Morgan fingerprint density at radius 2 is 2.10 bits per heavy atom. The van der Waals surface area contributed by atoms with E-state index in [1.807, 2.05) is 13.8 Å². The van der Waals surface area contributed by atoms with Crippen molar-refractivity contribution in [1.82, 2.24) is 10.2 Å². The quantitative estimate of drug-likeness (QED) is 0.666. The standard InChI is InChI=1S/C12H21N3O4S/c1-7(2)5-8(14-12(13)19)10(16)15-3-4-20-6-9(15)11(17)18/h7-9H,3-6H2,1-2H3,(H,17,18)(H3,13,14,19). The molecule has 0 spiro atoms. The number of carbonyl (C=O) groups is 3. The largest absolute Gasteiger partial charge is 0.480 e. The molecule has 7 nitrogen and oxygen atoms in total. The Labute approximate surface area is 122 Å². The number of amides is 3. The van der Waals surface area contributed by atoms with Crippen molar-refractivity contribution in [3.8, 4) is 0 Å². The fourth-order valence-electron chi connectivity index (χ4n) is 2.14. The van der Waals surface area contributed by atoms with Crippen LogP contribution in [-0.2, 0) is 9.59 Å². The molecule has 4 N–H and O–H groups in total. The van der Waals surface area contributed by atoms with Crippen LogP contribution in [0.1, 0.15) is 20.3 Å². The average Bonchev–Trinajstić information content (AvgIpc) is 2.36. The third-order valence-electron chi connectivity index (χ3n) is 3.02. The van der Waals surface area contributed by atoms with Crippen molar-refractivity contribution in [2.75, 3.05) is 18.1 Å². The van der Waals surface area contributed by atoms with Gasteiger partial charge >= 0.3 is 12.0 Å². The van der Waals surface area contributed by atoms with Crippen LogP contribution in [0.3, 0.4) is 0 Å². The van der Waals surface area contributed by atoms with Crippen LogP contribution in [0.25, 0.3) is 0 Å². The van der Waals surface area contributed by atoms with Crippen LogP contribution in [0.5, 0.6) is 0 Å². The van der Waals surface area contributed by atoms with Crippen LogP contribution in [0.15, 0.2) is 0 Å². The zero-order chi connectivity index (χ0) is 15.3. The van der Waals surface area contributed by atoms with Crippen LogP contribution < -0.4 is 11.1 Å². The Hall–Kier alpha value is -1.44. The summed E-state index contributed by atoms with van der Waals surface area (Å²) in [6.45, 7) is 4.21. The van der Waals surface area contributed by atoms with Crippen molar-refractivity contribution < 1.29 is 19.5 Å². The SMILES string of the molecule is CC(C)CC(NC(N)=O)C(=O)N1CCSCC1C(=O)O. The molecule has 3 amide bonds. The Kier molecular flexibility index (Phi) is 6.12. The van der Waals surface area contributed by atoms with Crippen molar-refractivity contribution in [2.24, 2.45) is 11.7 Å². The Bertz CT molecular complexity index is 389. The molecule has 8 heteroatoms. The third-order valence-corrected chi connectivity index (χ3v) is 4.04. The van der Waals surface area contributed by atoms with Gasteiger partial charge in [0.2, 0.25) is 5.91 Å². The van der Waals surface area contributed by atoms with Gasteiger partial charge in [-0.1, -0.05) is 13.8 Å². The maximum Gasteiger partial charge on any atom is 0.327 e. The number of carboxylic acid groups (broad SMARTS) is 1. The molecule has 1 fully saturated rings. The highest BCUT2D eigenvalue weighted by atomic mass is 32.2. The number of carboxylic acids is 1. The fourth-order valence-corrected chi connectivity index (χ4v) is 3.18. The van der Waals surface area contributed by atoms with E-state index in [2.05, 4.69) is 5.32 Å². The van der Waals surface area contributed by atoms with E-state index in [0.29, 0.717) is 24.5 Å². The molecular formula is C12H21N3O4S. The molecule has 1 heterocycles. The second-order valence-electron chi connectivity index (χ2n) is 5.15. The Balaban J connectivity index is 2.84. The van der Waals surface area contributed by atoms with Gasteiger partial charge in [0.25, 0.3) is 0 Å². The summed E-state index contributed by atoms with van der Waals surface area (Å²) in [5, 5.41) is 11.6. The highest BCUT2D eigenvalue weighted by Crippen LogP contribution is 2.19. The second kappa shape index (κ2) is 7.37. The van der Waals surface area contributed by atoms with Gasteiger partial charge in [0.15, 0.2) is 0 Å². The van der Waals surface area contributed by atoms with E-state index in [0.717, 1.165) is 0 Å². The van der Waals surface area contributed by atoms with Gasteiger partial charge in [0, 0.05) is 18.1 Å². The van der Waals surface area contributed by atoms with Crippen LogP contribution >= 0.6 is 11.8 Å². The van der Waals surface area contributed by atoms with E-state index in [4.69, 9.17) is 5.73 Å². The lowest BCUT2D eigenvalue weighted by atomic mass is 10.0. The molecular weight excluding hydrogens is 282 g/mol. The van der Waals surface area contributed by atoms with E-state index in [1.165, 1.54) is 16.7 Å². The topological polar surface area (TPSA) is 113 Å². The molecule has 1 aliphatic rings. The zero-order valence-electron chi connectivity index (χ0n) is 11.7. The van der Waals surface area contributed by atoms with Crippen molar-refractivity contribution in [1.29, 1.82) is 0 Å². The van der Waals surface area contributed by atoms with Gasteiger partial charge in [0.1, 0.15) is 12.1 Å². The molecule has 2 unspecified atom stereocenters. The maximum atomic E-state index is 12.5. The second-order valence-corrected chi connectivity index (χ2v) is 6.30. The van der Waals surface area contributed by atoms with E-state index < -0.39 is 24.1 Å². The van der Waals surface area contributed by atoms with E-state index in [-0.39, 0.29) is 11.8 Å². The van der Waals surface area contributed by atoms with Crippen molar-refractivity contribution in [2.45, 2.75) is 32.4 Å². The lowest BCUT2D eigenvalue weighted by molar-refractivity contribution is -0.150. The summed E-state index contributed by atoms with van der Waals surface area (Å²) in [5.41, 5.74) is 5.09. The summed E-state index contributed by atoms with van der Waals surface area (Å²) in [4.78, 5) is 36.0. The number of hydrogen-bond donors (Lipinski definition) is 3. The van der Waals surface area contributed by atoms with E-state index in [1.54, 1.807) is 0 Å². The molecule has 2 atom stereocenters. The molecule has 0 radical (unpaired) electrons. The number of hydrogen-bond acceptors (Lipinski definition) is 4. The summed E-state index contributed by atoms with van der Waals surface area (Å²) < 4.78 is 0. The number of nitrogens with two attached hydrogens (primary N) is 1. The molecule has 0 aliphatic carbocycles. The average molecular weight is 303 g/mol. The third kappa shape index (κ3) is 4.59. The molecule has 0 aromatic heterocycles. The molecule has 1 rings (SSSR count). The molecule has 114 valence electrons. The first-order valence-corrected chi connectivity index (χ1v) is 7.65. The minimum atomic E-state index is -1.02. The molecule has 1 aliphatic heterocycles. The maximum absolute atomic E-state index is 12.5. The van der Waals surface area contributed by atoms with Crippen molar-refractivity contribution in [3.63, 3.8) is 0 Å². The molecule has 0 aromatic carbocycles. The fraction of sp³-hybridized carbons (Fsp3) is 0.750. The Morgan fingerprint density at radius 3 is 2.60 bits per heavy atom. The van der Waals surface area contributed by atoms with Crippen molar-refractivity contribution >= 4 is 29.7 Å². The predicted molar refractivity (Wildman–Crippen MR) is 76.4 cm³/mol. The first-order chi connectivity index (χ1) is 9.32. The van der Waals surface area contributed by atoms with Crippen LogP contribution in [0.4, 0.5) is 4.79 Å².